The predicted octanol–water partition coefficient (Wildman–Crippen LogP) is 3.36. The summed E-state index contributed by atoms with van der Waals surface area (Å²) in [5, 5.41) is 3.33. The first-order chi connectivity index (χ1) is 9.97. The van der Waals surface area contributed by atoms with Crippen LogP contribution in [0, 0.1) is 0 Å². The third-order valence-electron chi connectivity index (χ3n) is 3.34. The Morgan fingerprint density at radius 2 is 2.00 bits per heavy atom. The summed E-state index contributed by atoms with van der Waals surface area (Å²) < 4.78 is 4.71. The lowest BCUT2D eigenvalue weighted by Gasteiger charge is -2.08. The van der Waals surface area contributed by atoms with Gasteiger partial charge in [0.05, 0.1) is 23.3 Å². The van der Waals surface area contributed by atoms with Gasteiger partial charge in [-0.2, -0.15) is 0 Å². The van der Waals surface area contributed by atoms with Crippen molar-refractivity contribution in [3.63, 3.8) is 0 Å². The molecule has 21 heavy (non-hydrogen) atoms. The number of nitrogens with zero attached hydrogens (tertiary/aromatic N) is 3. The van der Waals surface area contributed by atoms with Crippen LogP contribution < -0.4 is 11.0 Å². The Morgan fingerprint density at radius 1 is 1.33 bits per heavy atom. The number of aromatic nitrogens is 3. The van der Waals surface area contributed by atoms with Gasteiger partial charge in [-0.3, -0.25) is 9.13 Å². The van der Waals surface area contributed by atoms with E-state index < -0.39 is 0 Å². The second kappa shape index (κ2) is 5.47. The molecule has 0 spiro atoms. The normalized spacial score (nSPS) is 11.2. The second-order valence-corrected chi connectivity index (χ2v) is 7.21. The largest absolute Gasteiger partial charge is 0.379 e. The predicted molar refractivity (Wildman–Crippen MR) is 90.3 cm³/mol. The fraction of sp³-hybridized carbons (Fsp3) is 0.231. The van der Waals surface area contributed by atoms with Gasteiger partial charge >= 0.3 is 5.69 Å². The summed E-state index contributed by atoms with van der Waals surface area (Å²) in [7, 11) is 3.54. The highest BCUT2D eigenvalue weighted by molar-refractivity contribution is 9.10. The zero-order chi connectivity index (χ0) is 15.1. The number of imidazole rings is 1. The van der Waals surface area contributed by atoms with E-state index in [9.17, 15) is 4.79 Å². The van der Waals surface area contributed by atoms with E-state index >= 15 is 0 Å². The van der Waals surface area contributed by atoms with E-state index in [0.29, 0.717) is 11.0 Å². The van der Waals surface area contributed by atoms with Crippen LogP contribution in [0.15, 0.2) is 27.6 Å². The fourth-order valence-electron chi connectivity index (χ4n) is 2.20. The third kappa shape index (κ3) is 2.61. The Morgan fingerprint density at radius 3 is 2.62 bits per heavy atom. The summed E-state index contributed by atoms with van der Waals surface area (Å²) in [6.07, 6.45) is 1.75. The number of benzene rings is 1. The third-order valence-corrected chi connectivity index (χ3v) is 5.11. The second-order valence-electron chi connectivity index (χ2n) is 4.65. The zero-order valence-corrected chi connectivity index (χ0v) is 14.5. The maximum absolute atomic E-state index is 12.0. The van der Waals surface area contributed by atoms with Crippen LogP contribution in [0.2, 0.25) is 4.47 Å². The van der Waals surface area contributed by atoms with E-state index in [0.717, 1.165) is 26.1 Å². The van der Waals surface area contributed by atoms with Gasteiger partial charge in [0, 0.05) is 29.6 Å². The summed E-state index contributed by atoms with van der Waals surface area (Å²) in [5.41, 5.74) is 2.66. The van der Waals surface area contributed by atoms with Gasteiger partial charge in [-0.1, -0.05) is 11.6 Å². The molecule has 0 fully saturated rings. The molecule has 1 aromatic carbocycles. The van der Waals surface area contributed by atoms with Crippen LogP contribution in [-0.4, -0.2) is 14.1 Å². The van der Waals surface area contributed by atoms with E-state index in [2.05, 4.69) is 26.2 Å². The lowest BCUT2D eigenvalue weighted by molar-refractivity contribution is 0.795. The molecule has 3 rings (SSSR count). The molecule has 0 saturated carbocycles. The van der Waals surface area contributed by atoms with Gasteiger partial charge in [0.15, 0.2) is 4.47 Å². The first-order valence-electron chi connectivity index (χ1n) is 6.16. The molecular formula is C13H12BrClN4OS. The summed E-state index contributed by atoms with van der Waals surface area (Å²) in [6, 6.07) is 3.90. The minimum Gasteiger partial charge on any atom is -0.379 e. The number of anilines is 1. The topological polar surface area (TPSA) is 51.9 Å². The summed E-state index contributed by atoms with van der Waals surface area (Å²) in [4.78, 5) is 17.0. The van der Waals surface area contributed by atoms with E-state index in [1.165, 1.54) is 11.3 Å². The summed E-state index contributed by atoms with van der Waals surface area (Å²) in [5.74, 6) is 0. The highest BCUT2D eigenvalue weighted by Crippen LogP contribution is 2.29. The van der Waals surface area contributed by atoms with Crippen molar-refractivity contribution in [2.24, 2.45) is 14.1 Å². The van der Waals surface area contributed by atoms with Gasteiger partial charge in [0.1, 0.15) is 0 Å². The van der Waals surface area contributed by atoms with E-state index in [1.807, 2.05) is 12.1 Å². The quantitative estimate of drug-likeness (QED) is 0.750. The van der Waals surface area contributed by atoms with Crippen molar-refractivity contribution in [2.75, 3.05) is 5.32 Å². The smallest absolute Gasteiger partial charge is 0.328 e. The Kier molecular flexibility index (Phi) is 3.81. The van der Waals surface area contributed by atoms with E-state index in [4.69, 9.17) is 11.6 Å². The molecule has 0 unspecified atom stereocenters. The van der Waals surface area contributed by atoms with E-state index in [1.54, 1.807) is 29.4 Å². The molecule has 2 heterocycles. The van der Waals surface area contributed by atoms with Crippen LogP contribution in [0.3, 0.4) is 0 Å². The van der Waals surface area contributed by atoms with Gasteiger partial charge in [-0.15, -0.1) is 11.3 Å². The average molecular weight is 388 g/mol. The highest BCUT2D eigenvalue weighted by atomic mass is 79.9. The molecule has 0 radical (unpaired) electrons. The molecule has 0 aliphatic rings. The number of hydrogen-bond donors (Lipinski definition) is 1. The van der Waals surface area contributed by atoms with Crippen LogP contribution in [0.1, 0.15) is 4.88 Å². The highest BCUT2D eigenvalue weighted by Gasteiger charge is 2.11. The molecule has 1 N–H and O–H groups in total. The van der Waals surface area contributed by atoms with Crippen molar-refractivity contribution in [3.8, 4) is 0 Å². The molecule has 0 aliphatic heterocycles. The number of hydrogen-bond acceptors (Lipinski definition) is 4. The first kappa shape index (κ1) is 14.6. The van der Waals surface area contributed by atoms with Gasteiger partial charge < -0.3 is 5.32 Å². The summed E-state index contributed by atoms with van der Waals surface area (Å²) in [6.45, 7) is 0.634. The van der Waals surface area contributed by atoms with Crippen LogP contribution in [-0.2, 0) is 20.6 Å². The molecule has 2 aromatic heterocycles. The van der Waals surface area contributed by atoms with Gasteiger partial charge in [0.2, 0.25) is 0 Å². The molecule has 0 atom stereocenters. The maximum atomic E-state index is 12.0. The molecule has 0 amide bonds. The Bertz CT molecular complexity index is 882. The number of aryl methyl sites for hydroxylation is 2. The van der Waals surface area contributed by atoms with Crippen LogP contribution in [0.5, 0.6) is 0 Å². The standard InChI is InChI=1S/C13H12BrClN4OS/c1-18-10-3-8(14)9(4-11(10)19(2)13(18)20)16-5-7-6-17-12(15)21-7/h3-4,6,16H,5H2,1-2H3. The van der Waals surface area contributed by atoms with Crippen molar-refractivity contribution in [2.45, 2.75) is 6.54 Å². The Labute approximate surface area is 138 Å². The van der Waals surface area contributed by atoms with Crippen LogP contribution in [0.25, 0.3) is 11.0 Å². The number of halogens is 2. The molecule has 0 bridgehead atoms. The van der Waals surface area contributed by atoms with Crippen molar-refractivity contribution in [3.05, 3.63) is 42.6 Å². The molecule has 0 aliphatic carbocycles. The molecule has 5 nitrogen and oxygen atoms in total. The number of fused-ring (bicyclic) bond motifs is 1. The van der Waals surface area contributed by atoms with Crippen molar-refractivity contribution < 1.29 is 0 Å². The molecule has 8 heteroatoms. The van der Waals surface area contributed by atoms with E-state index in [-0.39, 0.29) is 5.69 Å². The molecule has 0 saturated heterocycles. The van der Waals surface area contributed by atoms with Gasteiger partial charge in [-0.25, -0.2) is 9.78 Å². The SMILES string of the molecule is Cn1c(=O)n(C)c2cc(NCc3cnc(Cl)s3)c(Br)cc21. The van der Waals surface area contributed by atoms with Gasteiger partial charge in [0.25, 0.3) is 0 Å². The number of rotatable bonds is 3. The Balaban J connectivity index is 1.97. The van der Waals surface area contributed by atoms with Crippen LogP contribution in [0.4, 0.5) is 5.69 Å². The van der Waals surface area contributed by atoms with Crippen molar-refractivity contribution in [1.82, 2.24) is 14.1 Å². The zero-order valence-electron chi connectivity index (χ0n) is 11.4. The van der Waals surface area contributed by atoms with Crippen molar-refractivity contribution >= 4 is 55.6 Å². The molecular weight excluding hydrogens is 376 g/mol. The van der Waals surface area contributed by atoms with Gasteiger partial charge in [-0.05, 0) is 28.1 Å². The number of nitrogens with one attached hydrogen (secondary N) is 1. The first-order valence-corrected chi connectivity index (χ1v) is 8.15. The summed E-state index contributed by atoms with van der Waals surface area (Å²) >= 11 is 10.8. The minimum atomic E-state index is -0.0386. The lowest BCUT2D eigenvalue weighted by Crippen LogP contribution is -2.19. The molecule has 3 aromatic rings. The number of thiazole rings is 1. The lowest BCUT2D eigenvalue weighted by atomic mass is 10.2. The average Bonchev–Trinajstić information content (AvgIpc) is 2.96. The Hall–Kier alpha value is -1.31. The van der Waals surface area contributed by atoms with Crippen LogP contribution >= 0.6 is 38.9 Å². The monoisotopic (exact) mass is 386 g/mol. The maximum Gasteiger partial charge on any atom is 0.328 e. The van der Waals surface area contributed by atoms with Crippen molar-refractivity contribution in [1.29, 1.82) is 0 Å². The fourth-order valence-corrected chi connectivity index (χ4v) is 3.59. The molecule has 110 valence electrons. The minimum absolute atomic E-state index is 0.0386.